The number of Topliss-reactive ketones (excluding diaryl/α,β-unsaturated/α-hetero) is 2. The first kappa shape index (κ1) is 31.1. The largest absolute Gasteiger partial charge is 0.462 e. The molecule has 0 aliphatic heterocycles. The molecule has 0 bridgehead atoms. The van der Waals surface area contributed by atoms with E-state index in [-0.39, 0.29) is 36.4 Å². The Morgan fingerprint density at radius 3 is 2.17 bits per heavy atom. The molecule has 3 aromatic rings. The minimum atomic E-state index is -0.656. The quantitative estimate of drug-likeness (QED) is 0.0646. The number of hydrogen-bond acceptors (Lipinski definition) is 7. The molecular weight excluding hydrogens is 532 g/mol. The molecule has 1 heterocycles. The first-order valence-electron chi connectivity index (χ1n) is 15.4. The molecule has 1 aliphatic rings. The zero-order chi connectivity index (χ0) is 30.2. The van der Waals surface area contributed by atoms with Gasteiger partial charge in [-0.25, -0.2) is 4.79 Å². The van der Waals surface area contributed by atoms with E-state index in [1.807, 2.05) is 24.3 Å². The lowest BCUT2D eigenvalue weighted by molar-refractivity contribution is -0.148. The van der Waals surface area contributed by atoms with E-state index in [4.69, 9.17) is 9.57 Å². The highest BCUT2D eigenvalue weighted by Crippen LogP contribution is 2.32. The van der Waals surface area contributed by atoms with Crippen molar-refractivity contribution >= 4 is 51.0 Å². The monoisotopic (exact) mass is 574 g/mol. The molecule has 1 fully saturated rings. The molecule has 0 amide bonds. The smallest absolute Gasteiger partial charge is 0.331 e. The fourth-order valence-corrected chi connectivity index (χ4v) is 5.90. The van der Waals surface area contributed by atoms with Crippen molar-refractivity contribution in [3.8, 4) is 0 Å². The maximum absolute atomic E-state index is 13.6. The van der Waals surface area contributed by atoms with E-state index >= 15 is 0 Å². The molecule has 1 saturated carbocycles. The number of carbonyl (C=O) groups excluding carboxylic acids is 4. The fourth-order valence-electron chi connectivity index (χ4n) is 5.90. The minimum absolute atomic E-state index is 0.0127. The third-order valence-electron chi connectivity index (χ3n) is 8.21. The number of fused-ring (bicyclic) bond motifs is 3. The maximum atomic E-state index is 13.6. The molecule has 8 nitrogen and oxygen atoms in total. The molecule has 42 heavy (non-hydrogen) atoms. The molecular formula is C34H42N2O6. The van der Waals surface area contributed by atoms with Gasteiger partial charge in [-0.05, 0) is 81.8 Å². The minimum Gasteiger partial charge on any atom is -0.462 e. The predicted molar refractivity (Wildman–Crippen MR) is 164 cm³/mol. The third-order valence-corrected chi connectivity index (χ3v) is 8.21. The number of hydrogen-bond donors (Lipinski definition) is 0. The van der Waals surface area contributed by atoms with Crippen molar-refractivity contribution < 1.29 is 28.8 Å². The number of unbranched alkanes of at least 4 members (excludes halogenated alkanes) is 1. The van der Waals surface area contributed by atoms with E-state index < -0.39 is 17.7 Å². The van der Waals surface area contributed by atoms with Crippen LogP contribution in [0.15, 0.2) is 41.6 Å². The number of nitrogens with zero attached hydrogens (tertiary/aromatic N) is 2. The Hall–Kier alpha value is -3.81. The highest BCUT2D eigenvalue weighted by molar-refractivity contribution is 6.46. The van der Waals surface area contributed by atoms with Gasteiger partial charge in [0.25, 0.3) is 0 Å². The number of ether oxygens (including phenoxy) is 1. The molecule has 0 radical (unpaired) electrons. The SMILES string of the molecule is CCCCC(CC)C(=O)c1ccc2c(c1)c1cc(C(=O)C(CCC(=O)OC3CCCC3)=NOC(C)=O)ccc1n2CC. The molecule has 8 heteroatoms. The Bertz CT molecular complexity index is 1490. The lowest BCUT2D eigenvalue weighted by atomic mass is 9.90. The van der Waals surface area contributed by atoms with Gasteiger partial charge in [-0.2, -0.15) is 0 Å². The number of benzene rings is 2. The number of aromatic nitrogens is 1. The summed E-state index contributed by atoms with van der Waals surface area (Å²) < 4.78 is 7.69. The van der Waals surface area contributed by atoms with Gasteiger partial charge in [0.05, 0.1) is 6.42 Å². The summed E-state index contributed by atoms with van der Waals surface area (Å²) in [5.74, 6) is -1.34. The van der Waals surface area contributed by atoms with Crippen LogP contribution in [0.2, 0.25) is 0 Å². The first-order valence-corrected chi connectivity index (χ1v) is 15.4. The standard InChI is InChI=1S/C34H42N2O6/c1-5-8-11-23(6-2)33(39)24-14-17-30-27(20-24)28-21-25(15-18-31(28)36(30)7-3)34(40)29(35-42-22(4)37)16-19-32(38)41-26-12-9-10-13-26/h14-15,17-18,20-21,23,26H,5-13,16,19H2,1-4H3. The molecule has 1 aromatic heterocycles. The molecule has 2 aromatic carbocycles. The number of ketones is 2. The van der Waals surface area contributed by atoms with Crippen LogP contribution in [0.5, 0.6) is 0 Å². The molecule has 0 saturated heterocycles. The van der Waals surface area contributed by atoms with Gasteiger partial charge in [0.2, 0.25) is 5.78 Å². The lowest BCUT2D eigenvalue weighted by Crippen LogP contribution is -2.20. The first-order chi connectivity index (χ1) is 20.3. The summed E-state index contributed by atoms with van der Waals surface area (Å²) in [6.07, 6.45) is 7.41. The maximum Gasteiger partial charge on any atom is 0.331 e. The van der Waals surface area contributed by atoms with Gasteiger partial charge in [-0.1, -0.05) is 31.8 Å². The molecule has 4 rings (SSSR count). The van der Waals surface area contributed by atoms with Crippen molar-refractivity contribution in [1.82, 2.24) is 4.57 Å². The Kier molecular flexibility index (Phi) is 10.7. The number of carbonyl (C=O) groups is 4. The van der Waals surface area contributed by atoms with Crippen molar-refractivity contribution in [3.63, 3.8) is 0 Å². The summed E-state index contributed by atoms with van der Waals surface area (Å²) in [5.41, 5.74) is 2.95. The van der Waals surface area contributed by atoms with Crippen LogP contribution in [0.1, 0.15) is 113 Å². The Morgan fingerprint density at radius 1 is 0.929 bits per heavy atom. The van der Waals surface area contributed by atoms with Crippen LogP contribution >= 0.6 is 0 Å². The molecule has 224 valence electrons. The van der Waals surface area contributed by atoms with E-state index in [2.05, 4.69) is 30.5 Å². The van der Waals surface area contributed by atoms with Gasteiger partial charge in [0.15, 0.2) is 5.78 Å². The average molecular weight is 575 g/mol. The highest BCUT2D eigenvalue weighted by Gasteiger charge is 2.24. The van der Waals surface area contributed by atoms with Gasteiger partial charge < -0.3 is 14.1 Å². The Balaban J connectivity index is 1.66. The summed E-state index contributed by atoms with van der Waals surface area (Å²) in [6, 6.07) is 11.3. The van der Waals surface area contributed by atoms with Crippen LogP contribution < -0.4 is 0 Å². The van der Waals surface area contributed by atoms with Crippen molar-refractivity contribution in [3.05, 3.63) is 47.5 Å². The molecule has 1 aliphatic carbocycles. The number of esters is 1. The summed E-state index contributed by atoms with van der Waals surface area (Å²) in [6.45, 7) is 8.17. The highest BCUT2D eigenvalue weighted by atomic mass is 16.7. The average Bonchev–Trinajstić information content (AvgIpc) is 3.61. The van der Waals surface area contributed by atoms with E-state index in [0.29, 0.717) is 11.1 Å². The second kappa shape index (κ2) is 14.4. The van der Waals surface area contributed by atoms with Crippen LogP contribution in [0.25, 0.3) is 21.8 Å². The van der Waals surface area contributed by atoms with Gasteiger partial charge in [0.1, 0.15) is 11.8 Å². The van der Waals surface area contributed by atoms with Crippen molar-refractivity contribution in [2.75, 3.05) is 0 Å². The van der Waals surface area contributed by atoms with E-state index in [9.17, 15) is 19.2 Å². The number of rotatable bonds is 14. The van der Waals surface area contributed by atoms with Crippen molar-refractivity contribution in [2.45, 2.75) is 105 Å². The van der Waals surface area contributed by atoms with Crippen LogP contribution in [-0.4, -0.2) is 39.9 Å². The summed E-state index contributed by atoms with van der Waals surface area (Å²) in [4.78, 5) is 55.8. The third kappa shape index (κ3) is 7.15. The fraction of sp³-hybridized carbons (Fsp3) is 0.500. The summed E-state index contributed by atoms with van der Waals surface area (Å²) >= 11 is 0. The van der Waals surface area contributed by atoms with Crippen LogP contribution in [0.4, 0.5) is 0 Å². The second-order valence-electron chi connectivity index (χ2n) is 11.2. The Labute approximate surface area is 247 Å². The van der Waals surface area contributed by atoms with Gasteiger partial charge >= 0.3 is 11.9 Å². The second-order valence-corrected chi connectivity index (χ2v) is 11.2. The molecule has 1 atom stereocenters. The van der Waals surface area contributed by atoms with Gasteiger partial charge in [-0.15, -0.1) is 0 Å². The van der Waals surface area contributed by atoms with E-state index in [1.165, 1.54) is 6.92 Å². The van der Waals surface area contributed by atoms with Crippen molar-refractivity contribution in [2.24, 2.45) is 11.1 Å². The molecule has 1 unspecified atom stereocenters. The number of aryl methyl sites for hydroxylation is 1. The predicted octanol–water partition coefficient (Wildman–Crippen LogP) is 7.58. The Morgan fingerprint density at radius 2 is 1.57 bits per heavy atom. The normalized spacial score (nSPS) is 14.8. The van der Waals surface area contributed by atoms with E-state index in [0.717, 1.165) is 79.7 Å². The number of oxime groups is 1. The van der Waals surface area contributed by atoms with Crippen LogP contribution in [0.3, 0.4) is 0 Å². The zero-order valence-corrected chi connectivity index (χ0v) is 25.2. The summed E-state index contributed by atoms with van der Waals surface area (Å²) in [5, 5.41) is 5.57. The van der Waals surface area contributed by atoms with Gasteiger partial charge in [0, 0.05) is 58.7 Å². The van der Waals surface area contributed by atoms with Gasteiger partial charge in [-0.3, -0.25) is 14.4 Å². The van der Waals surface area contributed by atoms with E-state index in [1.54, 1.807) is 12.1 Å². The summed E-state index contributed by atoms with van der Waals surface area (Å²) in [7, 11) is 0. The van der Waals surface area contributed by atoms with Crippen LogP contribution in [-0.2, 0) is 25.7 Å². The lowest BCUT2D eigenvalue weighted by Gasteiger charge is -2.13. The zero-order valence-electron chi connectivity index (χ0n) is 25.2. The molecule has 0 spiro atoms. The van der Waals surface area contributed by atoms with Crippen molar-refractivity contribution in [1.29, 1.82) is 0 Å². The molecule has 0 N–H and O–H groups in total. The van der Waals surface area contributed by atoms with Crippen LogP contribution in [0, 0.1) is 5.92 Å². The topological polar surface area (TPSA) is 104 Å².